The molecule has 9 heteroatoms. The van der Waals surface area contributed by atoms with Gasteiger partial charge in [0.1, 0.15) is 30.2 Å². The molecule has 1 fully saturated rings. The number of rotatable bonds is 5. The quantitative estimate of drug-likeness (QED) is 0.507. The monoisotopic (exact) mass is 405 g/mol. The van der Waals surface area contributed by atoms with Gasteiger partial charge in [0, 0.05) is 18.0 Å². The highest BCUT2D eigenvalue weighted by Gasteiger charge is 2.44. The van der Waals surface area contributed by atoms with Gasteiger partial charge in [-0.15, -0.1) is 0 Å². The van der Waals surface area contributed by atoms with Gasteiger partial charge in [-0.25, -0.2) is 4.79 Å². The van der Waals surface area contributed by atoms with E-state index in [-0.39, 0.29) is 0 Å². The summed E-state index contributed by atoms with van der Waals surface area (Å²) in [6.07, 6.45) is -3.75. The maximum Gasteiger partial charge on any atom is 0.339 e. The molecule has 29 heavy (non-hydrogen) atoms. The molecule has 2 heterocycles. The second kappa shape index (κ2) is 8.85. The van der Waals surface area contributed by atoms with Gasteiger partial charge in [0.15, 0.2) is 0 Å². The molecular formula is C20H23NO8. The number of aromatic nitrogens is 1. The number of pyridine rings is 1. The molecule has 0 amide bonds. The number of ether oxygens (including phenoxy) is 3. The summed E-state index contributed by atoms with van der Waals surface area (Å²) in [6.45, 7) is 1.24. The van der Waals surface area contributed by atoms with Crippen molar-refractivity contribution < 1.29 is 39.4 Å². The molecule has 0 radical (unpaired) electrons. The van der Waals surface area contributed by atoms with Gasteiger partial charge < -0.3 is 34.6 Å². The molecule has 0 saturated carbocycles. The molecule has 1 aliphatic heterocycles. The highest BCUT2D eigenvalue weighted by atomic mass is 16.7. The predicted octanol–water partition coefficient (Wildman–Crippen LogP) is 0.0223. The van der Waals surface area contributed by atoms with Crippen LogP contribution in [0.4, 0.5) is 0 Å². The van der Waals surface area contributed by atoms with Crippen LogP contribution in [0.5, 0.6) is 5.75 Å². The average Bonchev–Trinajstić information content (AvgIpc) is 2.74. The lowest BCUT2D eigenvalue weighted by Gasteiger charge is -2.39. The Hall–Kier alpha value is -2.56. The Morgan fingerprint density at radius 1 is 1.10 bits per heavy atom. The van der Waals surface area contributed by atoms with Crippen LogP contribution in [0.25, 0.3) is 11.1 Å². The zero-order valence-corrected chi connectivity index (χ0v) is 15.9. The number of hydrogen-bond acceptors (Lipinski definition) is 9. The van der Waals surface area contributed by atoms with Gasteiger partial charge in [-0.2, -0.15) is 0 Å². The number of benzene rings is 1. The highest BCUT2D eigenvalue weighted by molar-refractivity contribution is 5.90. The smallest absolute Gasteiger partial charge is 0.339 e. The molecule has 1 aromatic carbocycles. The summed E-state index contributed by atoms with van der Waals surface area (Å²) in [5.74, 6) is -0.103. The second-order valence-corrected chi connectivity index (χ2v) is 6.75. The third-order valence-electron chi connectivity index (χ3n) is 4.76. The zero-order chi connectivity index (χ0) is 21.1. The van der Waals surface area contributed by atoms with E-state index < -0.39 is 43.3 Å². The van der Waals surface area contributed by atoms with Gasteiger partial charge in [0.25, 0.3) is 0 Å². The molecule has 4 N–H and O–H groups in total. The number of carbonyl (C=O) groups excluding carboxylic acids is 1. The number of carbonyl (C=O) groups is 1. The van der Waals surface area contributed by atoms with Gasteiger partial charge in [0.2, 0.25) is 6.29 Å². The number of aryl methyl sites for hydroxylation is 1. The Morgan fingerprint density at radius 2 is 1.86 bits per heavy atom. The lowest BCUT2D eigenvalue weighted by atomic mass is 9.99. The van der Waals surface area contributed by atoms with Crippen molar-refractivity contribution in [3.63, 3.8) is 0 Å². The molecule has 0 aliphatic carbocycles. The molecule has 0 spiro atoms. The summed E-state index contributed by atoms with van der Waals surface area (Å²) in [6, 6.07) is 6.85. The summed E-state index contributed by atoms with van der Waals surface area (Å²) in [5, 5.41) is 39.1. The molecule has 2 aromatic rings. The summed E-state index contributed by atoms with van der Waals surface area (Å²) < 4.78 is 15.7. The summed E-state index contributed by atoms with van der Waals surface area (Å²) in [7, 11) is 1.30. The first-order valence-electron chi connectivity index (χ1n) is 8.97. The van der Waals surface area contributed by atoms with Crippen LogP contribution >= 0.6 is 0 Å². The van der Waals surface area contributed by atoms with Crippen molar-refractivity contribution in [2.45, 2.75) is 37.6 Å². The fourth-order valence-corrected chi connectivity index (χ4v) is 3.08. The highest BCUT2D eigenvalue weighted by Crippen LogP contribution is 2.30. The average molecular weight is 405 g/mol. The number of nitrogens with zero attached hydrogens (tertiary/aromatic N) is 1. The van der Waals surface area contributed by atoms with Crippen molar-refractivity contribution in [2.75, 3.05) is 13.7 Å². The molecule has 1 aliphatic rings. The van der Waals surface area contributed by atoms with E-state index in [1.165, 1.54) is 13.3 Å². The molecule has 1 aromatic heterocycles. The Morgan fingerprint density at radius 3 is 2.52 bits per heavy atom. The minimum Gasteiger partial charge on any atom is -0.465 e. The van der Waals surface area contributed by atoms with Crippen LogP contribution in [0.15, 0.2) is 36.7 Å². The zero-order valence-electron chi connectivity index (χ0n) is 15.9. The summed E-state index contributed by atoms with van der Waals surface area (Å²) in [4.78, 5) is 15.8. The van der Waals surface area contributed by atoms with Crippen LogP contribution in [0.3, 0.4) is 0 Å². The van der Waals surface area contributed by atoms with E-state index in [4.69, 9.17) is 14.2 Å². The minimum atomic E-state index is -1.52. The van der Waals surface area contributed by atoms with E-state index in [2.05, 4.69) is 4.98 Å². The number of esters is 1. The maximum atomic E-state index is 11.7. The number of hydrogen-bond donors (Lipinski definition) is 4. The van der Waals surface area contributed by atoms with Gasteiger partial charge in [-0.1, -0.05) is 6.07 Å². The van der Waals surface area contributed by atoms with Crippen LogP contribution < -0.4 is 4.74 Å². The molecule has 0 bridgehead atoms. The molecule has 5 atom stereocenters. The van der Waals surface area contributed by atoms with Crippen molar-refractivity contribution >= 4 is 5.97 Å². The lowest BCUT2D eigenvalue weighted by molar-refractivity contribution is -0.277. The third-order valence-corrected chi connectivity index (χ3v) is 4.76. The lowest BCUT2D eigenvalue weighted by Crippen LogP contribution is -2.60. The van der Waals surface area contributed by atoms with Gasteiger partial charge in [-0.3, -0.25) is 4.98 Å². The Bertz CT molecular complexity index is 871. The van der Waals surface area contributed by atoms with Crippen LogP contribution in [-0.2, 0) is 9.47 Å². The second-order valence-electron chi connectivity index (χ2n) is 6.75. The molecule has 9 nitrogen and oxygen atoms in total. The van der Waals surface area contributed by atoms with Crippen molar-refractivity contribution in [3.05, 3.63) is 47.8 Å². The molecule has 0 unspecified atom stereocenters. The molecule has 1 saturated heterocycles. The van der Waals surface area contributed by atoms with Crippen molar-refractivity contribution in [1.82, 2.24) is 4.98 Å². The predicted molar refractivity (Wildman–Crippen MR) is 100 cm³/mol. The third kappa shape index (κ3) is 4.39. The summed E-state index contributed by atoms with van der Waals surface area (Å²) in [5.41, 5.74) is 2.50. The van der Waals surface area contributed by atoms with E-state index in [9.17, 15) is 25.2 Å². The van der Waals surface area contributed by atoms with E-state index in [0.29, 0.717) is 22.4 Å². The van der Waals surface area contributed by atoms with Gasteiger partial charge in [-0.05, 0) is 36.2 Å². The fourth-order valence-electron chi connectivity index (χ4n) is 3.08. The van der Waals surface area contributed by atoms with Gasteiger partial charge >= 0.3 is 5.97 Å². The first-order valence-corrected chi connectivity index (χ1v) is 8.97. The minimum absolute atomic E-state index is 0.323. The van der Waals surface area contributed by atoms with Crippen LogP contribution in [0, 0.1) is 6.92 Å². The standard InChI is InChI=1S/C20H23NO8/c1-10-5-11(12-6-13(8-21-7-12)19(26)27-2)3-4-14(10)28-20-18(25)17(24)16(23)15(9-22)29-20/h3-8,15-18,20,22-25H,9H2,1-2H3/t15-,16-,17+,18+,20+/m1/s1. The normalized spacial score (nSPS) is 26.8. The molecule has 3 rings (SSSR count). The van der Waals surface area contributed by atoms with Crippen LogP contribution in [-0.4, -0.2) is 75.8 Å². The maximum absolute atomic E-state index is 11.7. The van der Waals surface area contributed by atoms with E-state index in [1.54, 1.807) is 37.4 Å². The first-order chi connectivity index (χ1) is 13.8. The number of aliphatic hydroxyl groups excluding tert-OH is 4. The van der Waals surface area contributed by atoms with Crippen molar-refractivity contribution in [3.8, 4) is 16.9 Å². The molecule has 156 valence electrons. The number of aliphatic hydroxyl groups is 4. The van der Waals surface area contributed by atoms with Crippen LogP contribution in [0.2, 0.25) is 0 Å². The van der Waals surface area contributed by atoms with E-state index >= 15 is 0 Å². The van der Waals surface area contributed by atoms with Crippen molar-refractivity contribution in [2.24, 2.45) is 0 Å². The van der Waals surface area contributed by atoms with Gasteiger partial charge in [0.05, 0.1) is 19.3 Å². The summed E-state index contributed by atoms with van der Waals surface area (Å²) >= 11 is 0. The van der Waals surface area contributed by atoms with Crippen LogP contribution in [0.1, 0.15) is 15.9 Å². The fraction of sp³-hybridized carbons (Fsp3) is 0.400. The van der Waals surface area contributed by atoms with E-state index in [0.717, 1.165) is 5.56 Å². The van der Waals surface area contributed by atoms with E-state index in [1.807, 2.05) is 0 Å². The SMILES string of the molecule is COC(=O)c1cncc(-c2ccc(O[C@H]3O[C@H](CO)[C@@H](O)[C@H](O)[C@@H]3O)c(C)c2)c1. The topological polar surface area (TPSA) is 139 Å². The Labute approximate surface area is 167 Å². The van der Waals surface area contributed by atoms with Crippen molar-refractivity contribution in [1.29, 1.82) is 0 Å². The Balaban J connectivity index is 1.81. The first kappa shape index (κ1) is 21.2. The number of methoxy groups -OCH3 is 1. The Kier molecular flexibility index (Phi) is 6.46. The molecular weight excluding hydrogens is 382 g/mol. The largest absolute Gasteiger partial charge is 0.465 e.